The minimum atomic E-state index is -0.194. The van der Waals surface area contributed by atoms with Crippen LogP contribution in [0.2, 0.25) is 0 Å². The minimum Gasteiger partial charge on any atom is -0.493 e. The highest BCUT2D eigenvalue weighted by molar-refractivity contribution is 5.98. The van der Waals surface area contributed by atoms with Crippen LogP contribution in [0.1, 0.15) is 30.1 Å². The highest BCUT2D eigenvalue weighted by Crippen LogP contribution is 2.40. The standard InChI is InChI=1S/C16H25NO5/c1-5-6-9-17(10-11-18)16(19)12-7-8-13(20-2)15(22-4)14(12)21-3/h7-8,18H,5-6,9-11H2,1-4H3. The molecule has 0 radical (unpaired) electrons. The summed E-state index contributed by atoms with van der Waals surface area (Å²) in [7, 11) is 4.51. The second kappa shape index (κ2) is 9.15. The lowest BCUT2D eigenvalue weighted by Gasteiger charge is -2.23. The summed E-state index contributed by atoms with van der Waals surface area (Å²) in [6, 6.07) is 3.32. The molecule has 1 N–H and O–H groups in total. The van der Waals surface area contributed by atoms with Crippen molar-refractivity contribution in [3.63, 3.8) is 0 Å². The van der Waals surface area contributed by atoms with Gasteiger partial charge in [0.15, 0.2) is 11.5 Å². The predicted octanol–water partition coefficient (Wildman–Crippen LogP) is 1.95. The number of aliphatic hydroxyl groups excluding tert-OH is 1. The summed E-state index contributed by atoms with van der Waals surface area (Å²) in [6.45, 7) is 2.85. The topological polar surface area (TPSA) is 68.2 Å². The number of amides is 1. The molecule has 0 heterocycles. The smallest absolute Gasteiger partial charge is 0.257 e. The fourth-order valence-corrected chi connectivity index (χ4v) is 2.22. The molecule has 6 nitrogen and oxygen atoms in total. The Balaban J connectivity index is 3.19. The van der Waals surface area contributed by atoms with Crippen LogP contribution in [0, 0.1) is 0 Å². The van der Waals surface area contributed by atoms with Crippen LogP contribution in [0.15, 0.2) is 12.1 Å². The Bertz CT molecular complexity index is 490. The summed E-state index contributed by atoms with van der Waals surface area (Å²) in [6.07, 6.45) is 1.85. The van der Waals surface area contributed by atoms with E-state index in [-0.39, 0.29) is 19.1 Å². The van der Waals surface area contributed by atoms with E-state index in [0.29, 0.717) is 29.4 Å². The van der Waals surface area contributed by atoms with Crippen LogP contribution >= 0.6 is 0 Å². The molecule has 0 atom stereocenters. The number of nitrogens with zero attached hydrogens (tertiary/aromatic N) is 1. The van der Waals surface area contributed by atoms with Gasteiger partial charge in [0, 0.05) is 13.1 Å². The second-order valence-corrected chi connectivity index (χ2v) is 4.75. The van der Waals surface area contributed by atoms with E-state index in [1.165, 1.54) is 21.3 Å². The van der Waals surface area contributed by atoms with Gasteiger partial charge in [-0.2, -0.15) is 0 Å². The van der Waals surface area contributed by atoms with Gasteiger partial charge in [-0.3, -0.25) is 4.79 Å². The summed E-state index contributed by atoms with van der Waals surface area (Å²) < 4.78 is 15.9. The van der Waals surface area contributed by atoms with Crippen LogP contribution in [0.5, 0.6) is 17.2 Å². The van der Waals surface area contributed by atoms with E-state index in [2.05, 4.69) is 6.92 Å². The molecule has 22 heavy (non-hydrogen) atoms. The van der Waals surface area contributed by atoms with Gasteiger partial charge in [0.05, 0.1) is 33.5 Å². The van der Waals surface area contributed by atoms with E-state index in [1.54, 1.807) is 17.0 Å². The molecule has 6 heteroatoms. The lowest BCUT2D eigenvalue weighted by atomic mass is 10.1. The molecule has 0 aromatic heterocycles. The molecule has 0 unspecified atom stereocenters. The van der Waals surface area contributed by atoms with Crippen molar-refractivity contribution in [2.45, 2.75) is 19.8 Å². The molecule has 0 bridgehead atoms. The van der Waals surface area contributed by atoms with Gasteiger partial charge in [0.25, 0.3) is 5.91 Å². The molecule has 0 aliphatic carbocycles. The van der Waals surface area contributed by atoms with Crippen molar-refractivity contribution in [1.29, 1.82) is 0 Å². The van der Waals surface area contributed by atoms with E-state index < -0.39 is 0 Å². The third kappa shape index (κ3) is 4.04. The van der Waals surface area contributed by atoms with Crippen LogP contribution in [-0.2, 0) is 0 Å². The molecule has 0 aliphatic heterocycles. The summed E-state index contributed by atoms with van der Waals surface area (Å²) in [4.78, 5) is 14.3. The van der Waals surface area contributed by atoms with Crippen molar-refractivity contribution in [2.24, 2.45) is 0 Å². The highest BCUT2D eigenvalue weighted by atomic mass is 16.5. The van der Waals surface area contributed by atoms with Gasteiger partial charge in [0.2, 0.25) is 5.75 Å². The largest absolute Gasteiger partial charge is 0.493 e. The zero-order valence-corrected chi connectivity index (χ0v) is 13.7. The molecule has 0 saturated carbocycles. The fourth-order valence-electron chi connectivity index (χ4n) is 2.22. The molecule has 0 spiro atoms. The van der Waals surface area contributed by atoms with Crippen molar-refractivity contribution in [3.05, 3.63) is 17.7 Å². The molecule has 124 valence electrons. The van der Waals surface area contributed by atoms with Gasteiger partial charge in [-0.1, -0.05) is 13.3 Å². The number of ether oxygens (including phenoxy) is 3. The molecule has 0 aliphatic rings. The van der Waals surface area contributed by atoms with Crippen molar-refractivity contribution < 1.29 is 24.1 Å². The molecule has 0 fully saturated rings. The van der Waals surface area contributed by atoms with Crippen molar-refractivity contribution in [3.8, 4) is 17.2 Å². The van der Waals surface area contributed by atoms with Crippen molar-refractivity contribution in [1.82, 2.24) is 4.90 Å². The van der Waals surface area contributed by atoms with Crippen LogP contribution in [0.25, 0.3) is 0 Å². The first-order valence-electron chi connectivity index (χ1n) is 7.33. The molecule has 1 rings (SSSR count). The average molecular weight is 311 g/mol. The second-order valence-electron chi connectivity index (χ2n) is 4.75. The molecule has 0 saturated heterocycles. The van der Waals surface area contributed by atoms with Crippen molar-refractivity contribution in [2.75, 3.05) is 41.0 Å². The van der Waals surface area contributed by atoms with Crippen molar-refractivity contribution >= 4 is 5.91 Å². The summed E-state index contributed by atoms with van der Waals surface area (Å²) in [5.41, 5.74) is 0.393. The van der Waals surface area contributed by atoms with Crippen LogP contribution < -0.4 is 14.2 Å². The Kier molecular flexibility index (Phi) is 7.52. The van der Waals surface area contributed by atoms with Crippen LogP contribution in [-0.4, -0.2) is 56.9 Å². The Morgan fingerprint density at radius 1 is 1.09 bits per heavy atom. The monoisotopic (exact) mass is 311 g/mol. The minimum absolute atomic E-state index is 0.0783. The number of rotatable bonds is 9. The van der Waals surface area contributed by atoms with E-state index in [9.17, 15) is 9.90 Å². The maximum atomic E-state index is 12.7. The first kappa shape index (κ1) is 18.1. The predicted molar refractivity (Wildman–Crippen MR) is 84.0 cm³/mol. The number of carbonyl (C=O) groups is 1. The molecule has 1 amide bonds. The average Bonchev–Trinajstić information content (AvgIpc) is 2.56. The maximum Gasteiger partial charge on any atom is 0.257 e. The summed E-state index contributed by atoms with van der Waals surface area (Å²) >= 11 is 0. The molecular weight excluding hydrogens is 286 g/mol. The summed E-state index contributed by atoms with van der Waals surface area (Å²) in [5, 5.41) is 9.17. The Hall–Kier alpha value is -1.95. The highest BCUT2D eigenvalue weighted by Gasteiger charge is 2.24. The normalized spacial score (nSPS) is 10.2. The third-order valence-electron chi connectivity index (χ3n) is 3.37. The van der Waals surface area contributed by atoms with Crippen LogP contribution in [0.3, 0.4) is 0 Å². The van der Waals surface area contributed by atoms with Gasteiger partial charge in [0.1, 0.15) is 0 Å². The van der Waals surface area contributed by atoms with E-state index >= 15 is 0 Å². The first-order valence-corrected chi connectivity index (χ1v) is 7.33. The lowest BCUT2D eigenvalue weighted by molar-refractivity contribution is 0.0715. The molecular formula is C16H25NO5. The zero-order chi connectivity index (χ0) is 16.5. The van der Waals surface area contributed by atoms with Crippen LogP contribution in [0.4, 0.5) is 0 Å². The number of hydrogen-bond donors (Lipinski definition) is 1. The molecule has 1 aromatic carbocycles. The number of carbonyl (C=O) groups excluding carboxylic acids is 1. The fraction of sp³-hybridized carbons (Fsp3) is 0.562. The number of aliphatic hydroxyl groups is 1. The Morgan fingerprint density at radius 2 is 1.77 bits per heavy atom. The quantitative estimate of drug-likeness (QED) is 0.755. The zero-order valence-electron chi connectivity index (χ0n) is 13.7. The SMILES string of the molecule is CCCCN(CCO)C(=O)c1ccc(OC)c(OC)c1OC. The first-order chi connectivity index (χ1) is 10.6. The summed E-state index contributed by atoms with van der Waals surface area (Å²) in [5.74, 6) is 1.03. The lowest BCUT2D eigenvalue weighted by Crippen LogP contribution is -2.34. The Morgan fingerprint density at radius 3 is 2.27 bits per heavy atom. The van der Waals surface area contributed by atoms with Gasteiger partial charge in [-0.05, 0) is 18.6 Å². The number of methoxy groups -OCH3 is 3. The number of unbranched alkanes of at least 4 members (excludes halogenated alkanes) is 1. The number of hydrogen-bond acceptors (Lipinski definition) is 5. The van der Waals surface area contributed by atoms with E-state index in [1.807, 2.05) is 0 Å². The maximum absolute atomic E-state index is 12.7. The van der Waals surface area contributed by atoms with Gasteiger partial charge in [-0.25, -0.2) is 0 Å². The molecule has 1 aromatic rings. The Labute approximate surface area is 131 Å². The number of benzene rings is 1. The van der Waals surface area contributed by atoms with Gasteiger partial charge >= 0.3 is 0 Å². The third-order valence-corrected chi connectivity index (χ3v) is 3.37. The van der Waals surface area contributed by atoms with E-state index in [0.717, 1.165) is 12.8 Å². The van der Waals surface area contributed by atoms with E-state index in [4.69, 9.17) is 14.2 Å². The van der Waals surface area contributed by atoms with Gasteiger partial charge < -0.3 is 24.2 Å². The van der Waals surface area contributed by atoms with Gasteiger partial charge in [-0.15, -0.1) is 0 Å².